The van der Waals surface area contributed by atoms with Crippen molar-refractivity contribution in [3.63, 3.8) is 0 Å². The van der Waals surface area contributed by atoms with E-state index < -0.39 is 0 Å². The van der Waals surface area contributed by atoms with Gasteiger partial charge in [-0.25, -0.2) is 0 Å². The molecule has 1 aromatic carbocycles. The average molecular weight is 333 g/mol. The van der Waals surface area contributed by atoms with Gasteiger partial charge in [0, 0.05) is 22.1 Å². The van der Waals surface area contributed by atoms with Gasteiger partial charge in [0.2, 0.25) is 0 Å². The summed E-state index contributed by atoms with van der Waals surface area (Å²) in [6.07, 6.45) is 6.03. The van der Waals surface area contributed by atoms with E-state index in [9.17, 15) is 0 Å². The Balaban J connectivity index is 1.81. The molecule has 100 valence electrons. The highest BCUT2D eigenvalue weighted by Crippen LogP contribution is 2.28. The van der Waals surface area contributed by atoms with Crippen molar-refractivity contribution in [1.29, 1.82) is 0 Å². The van der Waals surface area contributed by atoms with E-state index in [1.165, 1.54) is 12.8 Å². The molecule has 1 fully saturated rings. The Morgan fingerprint density at radius 2 is 2.33 bits per heavy atom. The molecule has 0 saturated carbocycles. The Morgan fingerprint density at radius 3 is 3.00 bits per heavy atom. The van der Waals surface area contributed by atoms with Gasteiger partial charge in [0.25, 0.3) is 0 Å². The third kappa shape index (κ3) is 3.95. The molecule has 0 amide bonds. The highest BCUT2D eigenvalue weighted by Gasteiger charge is 2.16. The molecule has 1 aliphatic heterocycles. The predicted octanol–water partition coefficient (Wildman–Crippen LogP) is 4.45. The Kier molecular flexibility index (Phi) is 5.49. The van der Waals surface area contributed by atoms with Gasteiger partial charge in [0.05, 0.1) is 6.10 Å². The first-order valence-electron chi connectivity index (χ1n) is 6.49. The zero-order chi connectivity index (χ0) is 13.0. The number of hydrogen-bond donors (Lipinski definition) is 1. The summed E-state index contributed by atoms with van der Waals surface area (Å²) >= 11 is 9.60. The van der Waals surface area contributed by atoms with Crippen LogP contribution in [0.15, 0.2) is 22.7 Å². The lowest BCUT2D eigenvalue weighted by Crippen LogP contribution is -2.12. The molecule has 0 radical (unpaired) electrons. The van der Waals surface area contributed by atoms with E-state index in [-0.39, 0.29) is 6.04 Å². The van der Waals surface area contributed by atoms with E-state index >= 15 is 0 Å². The van der Waals surface area contributed by atoms with Crippen molar-refractivity contribution in [1.82, 2.24) is 0 Å². The molecule has 0 bridgehead atoms. The van der Waals surface area contributed by atoms with Gasteiger partial charge < -0.3 is 10.5 Å². The minimum atomic E-state index is 0.0204. The minimum absolute atomic E-state index is 0.0204. The van der Waals surface area contributed by atoms with Gasteiger partial charge in [-0.3, -0.25) is 0 Å². The van der Waals surface area contributed by atoms with Gasteiger partial charge in [0.15, 0.2) is 0 Å². The molecule has 2 atom stereocenters. The van der Waals surface area contributed by atoms with Crippen LogP contribution in [0, 0.1) is 0 Å². The maximum Gasteiger partial charge on any atom is 0.0576 e. The summed E-state index contributed by atoms with van der Waals surface area (Å²) in [7, 11) is 0. The van der Waals surface area contributed by atoms with Crippen LogP contribution >= 0.6 is 27.5 Å². The highest BCUT2D eigenvalue weighted by molar-refractivity contribution is 9.10. The molecule has 4 heteroatoms. The number of nitrogens with two attached hydrogens (primary N) is 1. The van der Waals surface area contributed by atoms with Crippen LogP contribution in [-0.2, 0) is 4.74 Å². The van der Waals surface area contributed by atoms with Crippen molar-refractivity contribution >= 4 is 27.5 Å². The minimum Gasteiger partial charge on any atom is -0.378 e. The molecule has 2 N–H and O–H groups in total. The summed E-state index contributed by atoms with van der Waals surface area (Å²) in [5.74, 6) is 0. The van der Waals surface area contributed by atoms with Crippen molar-refractivity contribution in [2.24, 2.45) is 5.73 Å². The van der Waals surface area contributed by atoms with Gasteiger partial charge >= 0.3 is 0 Å². The Morgan fingerprint density at radius 1 is 1.50 bits per heavy atom. The van der Waals surface area contributed by atoms with Crippen molar-refractivity contribution in [2.75, 3.05) is 6.61 Å². The largest absolute Gasteiger partial charge is 0.378 e. The number of rotatable bonds is 5. The molecule has 18 heavy (non-hydrogen) atoms. The van der Waals surface area contributed by atoms with Crippen LogP contribution in [0.5, 0.6) is 0 Å². The second-order valence-electron chi connectivity index (χ2n) is 4.84. The summed E-state index contributed by atoms with van der Waals surface area (Å²) in [6.45, 7) is 0.926. The van der Waals surface area contributed by atoms with Crippen LogP contribution in [-0.4, -0.2) is 12.7 Å². The highest BCUT2D eigenvalue weighted by atomic mass is 79.9. The van der Waals surface area contributed by atoms with Crippen LogP contribution in [0.1, 0.15) is 43.7 Å². The first-order valence-corrected chi connectivity index (χ1v) is 7.66. The van der Waals surface area contributed by atoms with Gasteiger partial charge in [-0.05, 0) is 49.8 Å². The molecule has 2 unspecified atom stereocenters. The standard InChI is InChI=1S/C14H19BrClNO/c15-10-6-7-12(13(16)9-10)14(17)5-1-3-11-4-2-8-18-11/h6-7,9,11,14H,1-5,8,17H2. The van der Waals surface area contributed by atoms with E-state index in [4.69, 9.17) is 22.1 Å². The van der Waals surface area contributed by atoms with E-state index in [1.54, 1.807) is 0 Å². The van der Waals surface area contributed by atoms with Crippen LogP contribution in [0.25, 0.3) is 0 Å². The van der Waals surface area contributed by atoms with Gasteiger partial charge in [-0.1, -0.05) is 33.6 Å². The number of benzene rings is 1. The van der Waals surface area contributed by atoms with Crippen LogP contribution < -0.4 is 5.73 Å². The zero-order valence-electron chi connectivity index (χ0n) is 10.4. The molecular weight excluding hydrogens is 314 g/mol. The second kappa shape index (κ2) is 6.90. The number of ether oxygens (including phenoxy) is 1. The predicted molar refractivity (Wildman–Crippen MR) is 78.9 cm³/mol. The van der Waals surface area contributed by atoms with Gasteiger partial charge in [0.1, 0.15) is 0 Å². The third-order valence-corrected chi connectivity index (χ3v) is 4.25. The maximum atomic E-state index is 6.20. The quantitative estimate of drug-likeness (QED) is 0.864. The van der Waals surface area contributed by atoms with Crippen molar-refractivity contribution in [3.8, 4) is 0 Å². The van der Waals surface area contributed by atoms with Crippen molar-refractivity contribution in [3.05, 3.63) is 33.3 Å². The first-order chi connectivity index (χ1) is 8.66. The lowest BCUT2D eigenvalue weighted by atomic mass is 10.00. The molecule has 0 aliphatic carbocycles. The second-order valence-corrected chi connectivity index (χ2v) is 6.16. The van der Waals surface area contributed by atoms with E-state index in [0.29, 0.717) is 6.10 Å². The summed E-state index contributed by atoms with van der Waals surface area (Å²) in [6, 6.07) is 5.91. The lowest BCUT2D eigenvalue weighted by Gasteiger charge is -2.15. The third-order valence-electron chi connectivity index (χ3n) is 3.43. The maximum absolute atomic E-state index is 6.20. The van der Waals surface area contributed by atoms with E-state index in [0.717, 1.165) is 40.9 Å². The fourth-order valence-electron chi connectivity index (χ4n) is 2.40. The monoisotopic (exact) mass is 331 g/mol. The number of halogens is 2. The molecule has 1 aromatic rings. The molecule has 1 aliphatic rings. The van der Waals surface area contributed by atoms with E-state index in [2.05, 4.69) is 15.9 Å². The summed E-state index contributed by atoms with van der Waals surface area (Å²) in [5.41, 5.74) is 7.22. The van der Waals surface area contributed by atoms with Crippen molar-refractivity contribution in [2.45, 2.75) is 44.2 Å². The van der Waals surface area contributed by atoms with E-state index in [1.807, 2.05) is 18.2 Å². The van der Waals surface area contributed by atoms with Crippen LogP contribution in [0.4, 0.5) is 0 Å². The Bertz CT molecular complexity index is 393. The van der Waals surface area contributed by atoms with Crippen molar-refractivity contribution < 1.29 is 4.74 Å². The van der Waals surface area contributed by atoms with Crippen LogP contribution in [0.2, 0.25) is 5.02 Å². The zero-order valence-corrected chi connectivity index (χ0v) is 12.7. The fraction of sp³-hybridized carbons (Fsp3) is 0.571. The van der Waals surface area contributed by atoms with Gasteiger partial charge in [-0.2, -0.15) is 0 Å². The Labute approximate surface area is 122 Å². The summed E-state index contributed by atoms with van der Waals surface area (Å²) in [5, 5.41) is 0.744. The number of hydrogen-bond acceptors (Lipinski definition) is 2. The molecule has 0 aromatic heterocycles. The lowest BCUT2D eigenvalue weighted by molar-refractivity contribution is 0.101. The molecule has 0 spiro atoms. The summed E-state index contributed by atoms with van der Waals surface area (Å²) < 4.78 is 6.60. The first kappa shape index (κ1) is 14.3. The SMILES string of the molecule is NC(CCCC1CCCO1)c1ccc(Br)cc1Cl. The molecule has 1 heterocycles. The molecular formula is C14H19BrClNO. The fourth-order valence-corrected chi connectivity index (χ4v) is 3.21. The molecule has 1 saturated heterocycles. The van der Waals surface area contributed by atoms with Crippen LogP contribution in [0.3, 0.4) is 0 Å². The normalized spacial score (nSPS) is 21.2. The molecule has 2 nitrogen and oxygen atoms in total. The average Bonchev–Trinajstić information content (AvgIpc) is 2.81. The topological polar surface area (TPSA) is 35.2 Å². The smallest absolute Gasteiger partial charge is 0.0576 e. The molecule has 2 rings (SSSR count). The van der Waals surface area contributed by atoms with Gasteiger partial charge in [-0.15, -0.1) is 0 Å². The summed E-state index contributed by atoms with van der Waals surface area (Å²) in [4.78, 5) is 0. The Hall–Kier alpha value is -0.0900.